The molecule has 0 saturated heterocycles. The van der Waals surface area contributed by atoms with Crippen molar-refractivity contribution >= 4 is 29.0 Å². The highest BCUT2D eigenvalue weighted by molar-refractivity contribution is 5.96. The van der Waals surface area contributed by atoms with Gasteiger partial charge in [-0.3, -0.25) is 19.2 Å². The Morgan fingerprint density at radius 2 is 2.17 bits per heavy atom. The summed E-state index contributed by atoms with van der Waals surface area (Å²) in [7, 11) is 3.28. The number of benzene rings is 1. The van der Waals surface area contributed by atoms with Gasteiger partial charge in [0.05, 0.1) is 5.52 Å². The largest absolute Gasteiger partial charge is 0.359 e. The summed E-state index contributed by atoms with van der Waals surface area (Å²) in [5, 5.41) is 7.37. The zero-order valence-electron chi connectivity index (χ0n) is 13.8. The van der Waals surface area contributed by atoms with Crippen molar-refractivity contribution < 1.29 is 14.0 Å². The maximum absolute atomic E-state index is 14.3. The van der Waals surface area contributed by atoms with Crippen LogP contribution in [0, 0.1) is 5.82 Å². The average molecular weight is 320 g/mol. The van der Waals surface area contributed by atoms with Crippen LogP contribution in [0.15, 0.2) is 12.1 Å². The Bertz CT molecular complexity index is 739. The maximum Gasteiger partial charge on any atom is 0.221 e. The molecule has 0 atom stereocenters. The van der Waals surface area contributed by atoms with Gasteiger partial charge in [0, 0.05) is 32.4 Å². The van der Waals surface area contributed by atoms with Gasteiger partial charge in [0.25, 0.3) is 0 Å². The van der Waals surface area contributed by atoms with Crippen molar-refractivity contribution in [1.82, 2.24) is 15.1 Å². The highest BCUT2D eigenvalue weighted by atomic mass is 19.1. The Labute approximate surface area is 134 Å². The van der Waals surface area contributed by atoms with E-state index in [0.29, 0.717) is 23.2 Å². The monoisotopic (exact) mass is 320 g/mol. The van der Waals surface area contributed by atoms with Crippen LogP contribution in [0.4, 0.5) is 10.2 Å². The second-order valence-corrected chi connectivity index (χ2v) is 5.71. The van der Waals surface area contributed by atoms with Crippen molar-refractivity contribution in [3.8, 4) is 0 Å². The van der Waals surface area contributed by atoms with Crippen LogP contribution in [0.3, 0.4) is 0 Å². The van der Waals surface area contributed by atoms with Gasteiger partial charge in [-0.15, -0.1) is 0 Å². The normalized spacial score (nSPS) is 11.0. The van der Waals surface area contributed by atoms with Gasteiger partial charge in [0.15, 0.2) is 5.82 Å². The number of carbonyl (C=O) groups is 2. The molecule has 7 heteroatoms. The zero-order valence-corrected chi connectivity index (χ0v) is 13.8. The minimum absolute atomic E-state index is 0.0492. The fourth-order valence-electron chi connectivity index (χ4n) is 2.48. The second-order valence-electron chi connectivity index (χ2n) is 5.71. The molecule has 0 spiro atoms. The number of nitrogens with zero attached hydrogens (tertiary/aromatic N) is 3. The lowest BCUT2D eigenvalue weighted by Crippen LogP contribution is -2.28. The molecule has 0 aliphatic carbocycles. The second kappa shape index (κ2) is 6.76. The molecule has 2 aromatic rings. The third-order valence-corrected chi connectivity index (χ3v) is 3.83. The van der Waals surface area contributed by atoms with Crippen LogP contribution in [0.5, 0.6) is 0 Å². The summed E-state index contributed by atoms with van der Waals surface area (Å²) in [5.41, 5.74) is 1.35. The summed E-state index contributed by atoms with van der Waals surface area (Å²) in [5.74, 6) is -0.0898. The lowest BCUT2D eigenvalue weighted by molar-refractivity contribution is -0.120. The van der Waals surface area contributed by atoms with Gasteiger partial charge < -0.3 is 5.32 Å². The van der Waals surface area contributed by atoms with Crippen LogP contribution >= 0.6 is 0 Å². The summed E-state index contributed by atoms with van der Waals surface area (Å²) in [6, 6.07) is 3.16. The molecule has 0 unspecified atom stereocenters. The number of amides is 2. The first kappa shape index (κ1) is 16.9. The Hall–Kier alpha value is -2.44. The highest BCUT2D eigenvalue weighted by Gasteiger charge is 2.19. The lowest BCUT2D eigenvalue weighted by Gasteiger charge is -2.14. The van der Waals surface area contributed by atoms with E-state index in [2.05, 4.69) is 10.4 Å². The molecule has 0 aliphatic rings. The summed E-state index contributed by atoms with van der Waals surface area (Å²) < 4.78 is 15.9. The standard InChI is InChI=1S/C16H21FN4O2/c1-10(2)11-8-14-12(7-13(11)17)16(19-20(14)4)21(9-22)6-5-15(23)18-3/h7-10H,5-6H2,1-4H3,(H,18,23). The van der Waals surface area contributed by atoms with Crippen molar-refractivity contribution in [2.24, 2.45) is 7.05 Å². The first-order valence-corrected chi connectivity index (χ1v) is 7.47. The van der Waals surface area contributed by atoms with Crippen LogP contribution < -0.4 is 10.2 Å². The number of fused-ring (bicyclic) bond motifs is 1. The topological polar surface area (TPSA) is 67.2 Å². The molecule has 6 nitrogen and oxygen atoms in total. The molecule has 124 valence electrons. The van der Waals surface area contributed by atoms with Gasteiger partial charge in [-0.05, 0) is 23.6 Å². The van der Waals surface area contributed by atoms with E-state index >= 15 is 0 Å². The first-order chi connectivity index (χ1) is 10.9. The van der Waals surface area contributed by atoms with Gasteiger partial charge in [-0.1, -0.05) is 13.8 Å². The average Bonchev–Trinajstić information content (AvgIpc) is 2.83. The first-order valence-electron chi connectivity index (χ1n) is 7.47. The van der Waals surface area contributed by atoms with Crippen molar-refractivity contribution in [1.29, 1.82) is 0 Å². The molecule has 2 amide bonds. The molecule has 23 heavy (non-hydrogen) atoms. The minimum Gasteiger partial charge on any atom is -0.359 e. The van der Waals surface area contributed by atoms with Crippen LogP contribution in [0.25, 0.3) is 10.9 Å². The number of rotatable bonds is 6. The number of aromatic nitrogens is 2. The molecule has 1 heterocycles. The fraction of sp³-hybridized carbons (Fsp3) is 0.438. The summed E-state index contributed by atoms with van der Waals surface area (Å²) in [4.78, 5) is 24.1. The summed E-state index contributed by atoms with van der Waals surface area (Å²) in [6.07, 6.45) is 0.763. The molecule has 0 radical (unpaired) electrons. The predicted molar refractivity (Wildman–Crippen MR) is 86.9 cm³/mol. The number of anilines is 1. The molecular weight excluding hydrogens is 299 g/mol. The van der Waals surface area contributed by atoms with E-state index in [0.717, 1.165) is 5.52 Å². The number of nitrogens with one attached hydrogen (secondary N) is 1. The molecule has 0 bridgehead atoms. The fourth-order valence-corrected chi connectivity index (χ4v) is 2.48. The molecule has 2 rings (SSSR count). The van der Waals surface area contributed by atoms with E-state index in [1.807, 2.05) is 13.8 Å². The van der Waals surface area contributed by atoms with E-state index in [1.54, 1.807) is 17.8 Å². The van der Waals surface area contributed by atoms with Gasteiger partial charge in [0.1, 0.15) is 5.82 Å². The van der Waals surface area contributed by atoms with E-state index < -0.39 is 0 Å². The lowest BCUT2D eigenvalue weighted by atomic mass is 10.0. The van der Waals surface area contributed by atoms with Crippen LogP contribution in [-0.2, 0) is 16.6 Å². The van der Waals surface area contributed by atoms with E-state index in [1.165, 1.54) is 18.0 Å². The zero-order chi connectivity index (χ0) is 17.1. The van der Waals surface area contributed by atoms with Crippen LogP contribution in [0.1, 0.15) is 31.7 Å². The smallest absolute Gasteiger partial charge is 0.221 e. The Morgan fingerprint density at radius 1 is 1.48 bits per heavy atom. The number of halogens is 1. The van der Waals surface area contributed by atoms with Gasteiger partial charge in [0.2, 0.25) is 12.3 Å². The van der Waals surface area contributed by atoms with Crippen molar-refractivity contribution in [2.75, 3.05) is 18.5 Å². The van der Waals surface area contributed by atoms with Crippen LogP contribution in [-0.4, -0.2) is 35.7 Å². The molecule has 0 aliphatic heterocycles. The molecular formula is C16H21FN4O2. The third kappa shape index (κ3) is 3.33. The van der Waals surface area contributed by atoms with Gasteiger partial charge in [-0.25, -0.2) is 4.39 Å². The van der Waals surface area contributed by atoms with Crippen LogP contribution in [0.2, 0.25) is 0 Å². The van der Waals surface area contributed by atoms with E-state index in [-0.39, 0.29) is 30.6 Å². The summed E-state index contributed by atoms with van der Waals surface area (Å²) in [6.45, 7) is 4.02. The van der Waals surface area contributed by atoms with Gasteiger partial charge in [-0.2, -0.15) is 5.10 Å². The van der Waals surface area contributed by atoms with E-state index in [9.17, 15) is 14.0 Å². The minimum atomic E-state index is -0.320. The molecule has 1 aromatic carbocycles. The number of carbonyl (C=O) groups excluding carboxylic acids is 2. The van der Waals surface area contributed by atoms with Gasteiger partial charge >= 0.3 is 0 Å². The SMILES string of the molecule is CNC(=O)CCN(C=O)c1nn(C)c2cc(C(C)C)c(F)cc12. The highest BCUT2D eigenvalue weighted by Crippen LogP contribution is 2.30. The molecule has 1 aromatic heterocycles. The van der Waals surface area contributed by atoms with Crippen molar-refractivity contribution in [3.63, 3.8) is 0 Å². The summed E-state index contributed by atoms with van der Waals surface area (Å²) >= 11 is 0. The Balaban J connectivity index is 2.46. The quantitative estimate of drug-likeness (QED) is 0.827. The Kier molecular flexibility index (Phi) is 4.98. The van der Waals surface area contributed by atoms with E-state index in [4.69, 9.17) is 0 Å². The molecule has 1 N–H and O–H groups in total. The molecule has 0 saturated carbocycles. The Morgan fingerprint density at radius 3 is 2.74 bits per heavy atom. The molecule has 0 fully saturated rings. The maximum atomic E-state index is 14.3. The van der Waals surface area contributed by atoms with Crippen molar-refractivity contribution in [3.05, 3.63) is 23.5 Å². The number of aryl methyl sites for hydroxylation is 1. The third-order valence-electron chi connectivity index (χ3n) is 3.83. The number of hydrogen-bond acceptors (Lipinski definition) is 3. The van der Waals surface area contributed by atoms with Crippen molar-refractivity contribution in [2.45, 2.75) is 26.2 Å². The number of hydrogen-bond donors (Lipinski definition) is 1. The predicted octanol–water partition coefficient (Wildman–Crippen LogP) is 1.93.